The number of fused-ring (bicyclic) bond motifs is 1. The van der Waals surface area contributed by atoms with Crippen LogP contribution in [0.25, 0.3) is 16.9 Å². The van der Waals surface area contributed by atoms with Crippen LogP contribution in [0.15, 0.2) is 73.1 Å². The second-order valence-electron chi connectivity index (χ2n) is 6.85. The normalized spacial score (nSPS) is 10.9. The van der Waals surface area contributed by atoms with Gasteiger partial charge in [-0.05, 0) is 60.9 Å². The van der Waals surface area contributed by atoms with Gasteiger partial charge in [0.25, 0.3) is 0 Å². The summed E-state index contributed by atoms with van der Waals surface area (Å²) in [5, 5.41) is 3.63. The van der Waals surface area contributed by atoms with E-state index < -0.39 is 0 Å². The van der Waals surface area contributed by atoms with Crippen LogP contribution in [0.2, 0.25) is 5.02 Å². The molecule has 140 valence electrons. The van der Waals surface area contributed by atoms with E-state index in [1.54, 1.807) is 0 Å². The fourth-order valence-electron chi connectivity index (χ4n) is 3.12. The van der Waals surface area contributed by atoms with Crippen molar-refractivity contribution in [3.63, 3.8) is 0 Å². The molecule has 4 nitrogen and oxygen atoms in total. The number of benzene rings is 2. The lowest BCUT2D eigenvalue weighted by Gasteiger charge is -2.06. The number of amides is 1. The Hall–Kier alpha value is -3.11. The van der Waals surface area contributed by atoms with Crippen LogP contribution in [0.1, 0.15) is 17.5 Å². The minimum Gasteiger partial charge on any atom is -0.326 e. The van der Waals surface area contributed by atoms with Crippen LogP contribution in [0.4, 0.5) is 5.69 Å². The Balaban J connectivity index is 1.40. The molecule has 2 aromatic carbocycles. The molecule has 0 saturated carbocycles. The summed E-state index contributed by atoms with van der Waals surface area (Å²) < 4.78 is 2.01. The predicted molar refractivity (Wildman–Crippen MR) is 114 cm³/mol. The first kappa shape index (κ1) is 18.3. The number of halogens is 1. The zero-order valence-corrected chi connectivity index (χ0v) is 16.3. The molecule has 2 heterocycles. The smallest absolute Gasteiger partial charge is 0.224 e. The molecule has 4 rings (SSSR count). The number of nitrogens with one attached hydrogen (secondary N) is 1. The Morgan fingerprint density at radius 1 is 1.11 bits per heavy atom. The number of hydrogen-bond acceptors (Lipinski definition) is 2. The summed E-state index contributed by atoms with van der Waals surface area (Å²) in [5.74, 6) is -0.0177. The third kappa shape index (κ3) is 4.24. The first-order chi connectivity index (χ1) is 13.6. The molecule has 1 amide bonds. The SMILES string of the molecule is Cc1ccn2cc(-c3ccc(NC(=O)CCc4cccc(Cl)c4)cc3)nc2c1. The molecule has 1 N–H and O–H groups in total. The molecule has 2 aromatic heterocycles. The van der Waals surface area contributed by atoms with Crippen molar-refractivity contribution in [1.29, 1.82) is 0 Å². The topological polar surface area (TPSA) is 46.4 Å². The van der Waals surface area contributed by atoms with Crippen molar-refractivity contribution in [2.75, 3.05) is 5.32 Å². The van der Waals surface area contributed by atoms with E-state index in [4.69, 9.17) is 11.6 Å². The highest BCUT2D eigenvalue weighted by molar-refractivity contribution is 6.30. The van der Waals surface area contributed by atoms with Gasteiger partial charge < -0.3 is 9.72 Å². The molecule has 0 radical (unpaired) electrons. The number of hydrogen-bond donors (Lipinski definition) is 1. The van der Waals surface area contributed by atoms with Crippen molar-refractivity contribution < 1.29 is 4.79 Å². The fourth-order valence-corrected chi connectivity index (χ4v) is 3.33. The van der Waals surface area contributed by atoms with E-state index in [1.807, 2.05) is 65.3 Å². The molecule has 0 unspecified atom stereocenters. The monoisotopic (exact) mass is 389 g/mol. The van der Waals surface area contributed by atoms with Crippen LogP contribution in [0.5, 0.6) is 0 Å². The van der Waals surface area contributed by atoms with Gasteiger partial charge in [0.15, 0.2) is 0 Å². The van der Waals surface area contributed by atoms with Gasteiger partial charge in [0.1, 0.15) is 5.65 Å². The van der Waals surface area contributed by atoms with E-state index in [0.717, 1.165) is 28.2 Å². The molecule has 4 aromatic rings. The van der Waals surface area contributed by atoms with Crippen molar-refractivity contribution in [3.05, 3.63) is 89.2 Å². The summed E-state index contributed by atoms with van der Waals surface area (Å²) in [4.78, 5) is 16.9. The van der Waals surface area contributed by atoms with Gasteiger partial charge in [-0.1, -0.05) is 35.9 Å². The van der Waals surface area contributed by atoms with Gasteiger partial charge in [0.2, 0.25) is 5.91 Å². The van der Waals surface area contributed by atoms with Crippen LogP contribution in [0.3, 0.4) is 0 Å². The summed E-state index contributed by atoms with van der Waals surface area (Å²) in [6.07, 6.45) is 5.09. The van der Waals surface area contributed by atoms with Crippen molar-refractivity contribution in [2.24, 2.45) is 0 Å². The average molecular weight is 390 g/mol. The molecule has 5 heteroatoms. The number of carbonyl (C=O) groups is 1. The standard InChI is InChI=1S/C23H20ClN3O/c1-16-11-12-27-15-21(26-22(27)13-16)18-6-8-20(9-7-18)25-23(28)10-5-17-3-2-4-19(24)14-17/h2-4,6-9,11-15H,5,10H2,1H3,(H,25,28). The molecule has 0 atom stereocenters. The van der Waals surface area contributed by atoms with Crippen LogP contribution in [-0.2, 0) is 11.2 Å². The van der Waals surface area contributed by atoms with Gasteiger partial charge in [0, 0.05) is 35.1 Å². The zero-order chi connectivity index (χ0) is 19.5. The highest BCUT2D eigenvalue weighted by Gasteiger charge is 2.07. The van der Waals surface area contributed by atoms with Crippen molar-refractivity contribution in [2.45, 2.75) is 19.8 Å². The fraction of sp³-hybridized carbons (Fsp3) is 0.130. The predicted octanol–water partition coefficient (Wildman–Crippen LogP) is 5.53. The van der Waals surface area contributed by atoms with Crippen LogP contribution in [-0.4, -0.2) is 15.3 Å². The van der Waals surface area contributed by atoms with E-state index in [2.05, 4.69) is 29.4 Å². The third-order valence-electron chi connectivity index (χ3n) is 4.61. The highest BCUT2D eigenvalue weighted by atomic mass is 35.5. The van der Waals surface area contributed by atoms with Gasteiger partial charge in [-0.15, -0.1) is 0 Å². The Kier molecular flexibility index (Phi) is 5.13. The number of anilines is 1. The lowest BCUT2D eigenvalue weighted by molar-refractivity contribution is -0.116. The molecule has 0 aliphatic rings. The molecule has 0 bridgehead atoms. The Morgan fingerprint density at radius 3 is 2.71 bits per heavy atom. The summed E-state index contributed by atoms with van der Waals surface area (Å²) in [7, 11) is 0. The molecule has 0 fully saturated rings. The second kappa shape index (κ2) is 7.87. The van der Waals surface area contributed by atoms with Gasteiger partial charge >= 0.3 is 0 Å². The quantitative estimate of drug-likeness (QED) is 0.487. The minimum absolute atomic E-state index is 0.0177. The van der Waals surface area contributed by atoms with Crippen LogP contribution < -0.4 is 5.32 Å². The molecule has 0 spiro atoms. The van der Waals surface area contributed by atoms with E-state index in [1.165, 1.54) is 5.56 Å². The molecule has 0 aliphatic carbocycles. The Labute approximate surface area is 168 Å². The van der Waals surface area contributed by atoms with E-state index >= 15 is 0 Å². The van der Waals surface area contributed by atoms with Crippen LogP contribution >= 0.6 is 11.6 Å². The number of pyridine rings is 1. The molecule has 0 saturated heterocycles. The van der Waals surface area contributed by atoms with E-state index in [9.17, 15) is 4.79 Å². The van der Waals surface area contributed by atoms with Crippen LogP contribution in [0, 0.1) is 6.92 Å². The van der Waals surface area contributed by atoms with Crippen molar-refractivity contribution >= 4 is 28.8 Å². The second-order valence-corrected chi connectivity index (χ2v) is 7.29. The Bertz CT molecular complexity index is 1130. The average Bonchev–Trinajstić information content (AvgIpc) is 3.10. The van der Waals surface area contributed by atoms with Crippen molar-refractivity contribution in [1.82, 2.24) is 9.38 Å². The van der Waals surface area contributed by atoms with Gasteiger partial charge in [0.05, 0.1) is 5.69 Å². The maximum absolute atomic E-state index is 12.2. The van der Waals surface area contributed by atoms with Gasteiger partial charge in [-0.25, -0.2) is 4.98 Å². The molecular formula is C23H20ClN3O. The number of rotatable bonds is 5. The molecule has 28 heavy (non-hydrogen) atoms. The maximum Gasteiger partial charge on any atom is 0.224 e. The van der Waals surface area contributed by atoms with Gasteiger partial charge in [-0.3, -0.25) is 4.79 Å². The summed E-state index contributed by atoms with van der Waals surface area (Å²) >= 11 is 5.98. The van der Waals surface area contributed by atoms with Crippen molar-refractivity contribution in [3.8, 4) is 11.3 Å². The Morgan fingerprint density at radius 2 is 1.93 bits per heavy atom. The first-order valence-electron chi connectivity index (χ1n) is 9.17. The van der Waals surface area contributed by atoms with E-state index in [0.29, 0.717) is 17.9 Å². The number of imidazole rings is 1. The maximum atomic E-state index is 12.2. The zero-order valence-electron chi connectivity index (χ0n) is 15.5. The summed E-state index contributed by atoms with van der Waals surface area (Å²) in [5.41, 5.74) is 5.86. The lowest BCUT2D eigenvalue weighted by atomic mass is 10.1. The summed E-state index contributed by atoms with van der Waals surface area (Å²) in [6.45, 7) is 2.05. The first-order valence-corrected chi connectivity index (χ1v) is 9.55. The lowest BCUT2D eigenvalue weighted by Crippen LogP contribution is -2.12. The minimum atomic E-state index is -0.0177. The highest BCUT2D eigenvalue weighted by Crippen LogP contribution is 2.22. The number of carbonyl (C=O) groups excluding carboxylic acids is 1. The van der Waals surface area contributed by atoms with Gasteiger partial charge in [-0.2, -0.15) is 0 Å². The molecule has 0 aliphatic heterocycles. The van der Waals surface area contributed by atoms with E-state index in [-0.39, 0.29) is 5.91 Å². The number of aryl methyl sites for hydroxylation is 2. The summed E-state index contributed by atoms with van der Waals surface area (Å²) in [6, 6.07) is 19.5. The molecular weight excluding hydrogens is 370 g/mol. The number of aromatic nitrogens is 2. The number of nitrogens with zero attached hydrogens (tertiary/aromatic N) is 2. The largest absolute Gasteiger partial charge is 0.326 e. The third-order valence-corrected chi connectivity index (χ3v) is 4.84.